The van der Waals surface area contributed by atoms with E-state index >= 15 is 0 Å². The molecule has 0 radical (unpaired) electrons. The van der Waals surface area contributed by atoms with E-state index in [0.717, 1.165) is 22.7 Å². The fourth-order valence-corrected chi connectivity index (χ4v) is 3.56. The summed E-state index contributed by atoms with van der Waals surface area (Å²) in [6, 6.07) is 18.2. The van der Waals surface area contributed by atoms with Crippen LogP contribution in [-0.4, -0.2) is 51.7 Å². The maximum absolute atomic E-state index is 10.5. The van der Waals surface area contributed by atoms with Gasteiger partial charge in [-0.15, -0.1) is 6.58 Å². The van der Waals surface area contributed by atoms with E-state index in [1.165, 1.54) is 5.56 Å². The molecule has 0 spiro atoms. The Kier molecular flexibility index (Phi) is 8.83. The summed E-state index contributed by atoms with van der Waals surface area (Å²) >= 11 is 0. The molecular formula is C27H35N3O3. The van der Waals surface area contributed by atoms with Crippen LogP contribution < -0.4 is 4.74 Å². The van der Waals surface area contributed by atoms with Crippen LogP contribution in [0.25, 0.3) is 5.69 Å². The van der Waals surface area contributed by atoms with Crippen molar-refractivity contribution in [3.8, 4) is 17.3 Å². The van der Waals surface area contributed by atoms with Gasteiger partial charge in [-0.1, -0.05) is 42.0 Å². The summed E-state index contributed by atoms with van der Waals surface area (Å²) in [6.07, 6.45) is 1.08. The fourth-order valence-electron chi connectivity index (χ4n) is 3.56. The van der Waals surface area contributed by atoms with E-state index in [9.17, 15) is 5.11 Å². The van der Waals surface area contributed by atoms with E-state index in [1.54, 1.807) is 6.08 Å². The Morgan fingerprint density at radius 3 is 2.42 bits per heavy atom. The lowest BCUT2D eigenvalue weighted by Gasteiger charge is -2.29. The van der Waals surface area contributed by atoms with Crippen molar-refractivity contribution in [1.29, 1.82) is 0 Å². The number of hydrogen-bond donors (Lipinski definition) is 1. The second-order valence-electron chi connectivity index (χ2n) is 8.53. The number of aromatic nitrogens is 2. The smallest absolute Gasteiger partial charge is 0.227 e. The molecule has 3 aromatic rings. The van der Waals surface area contributed by atoms with Gasteiger partial charge in [0, 0.05) is 19.1 Å². The van der Waals surface area contributed by atoms with Crippen molar-refractivity contribution in [2.24, 2.45) is 0 Å². The molecule has 0 unspecified atom stereocenters. The Hall–Kier alpha value is -2.93. The third kappa shape index (κ3) is 6.78. The third-order valence-corrected chi connectivity index (χ3v) is 5.46. The minimum atomic E-state index is -0.599. The summed E-state index contributed by atoms with van der Waals surface area (Å²) in [6.45, 7) is 13.7. The van der Waals surface area contributed by atoms with Crippen LogP contribution in [0.3, 0.4) is 0 Å². The van der Waals surface area contributed by atoms with Crippen molar-refractivity contribution in [2.75, 3.05) is 19.8 Å². The van der Waals surface area contributed by atoms with Gasteiger partial charge in [0.25, 0.3) is 0 Å². The summed E-state index contributed by atoms with van der Waals surface area (Å²) in [5.41, 5.74) is 3.99. The average Bonchev–Trinajstić information content (AvgIpc) is 3.10. The molecule has 1 heterocycles. The van der Waals surface area contributed by atoms with Crippen LogP contribution in [0.4, 0.5) is 0 Å². The number of benzene rings is 2. The third-order valence-electron chi connectivity index (χ3n) is 5.46. The molecule has 0 saturated heterocycles. The van der Waals surface area contributed by atoms with Gasteiger partial charge in [0.1, 0.15) is 5.75 Å². The van der Waals surface area contributed by atoms with Gasteiger partial charge in [0.2, 0.25) is 5.88 Å². The highest BCUT2D eigenvalue weighted by molar-refractivity contribution is 5.43. The standard InChI is InChI=1S/C27H35N3O3/c1-6-16-32-19-24(31)17-29(20(2)3)18-26-22(5)28-30(23-10-8-7-9-11-23)27(26)33-25-14-12-21(4)13-15-25/h6-15,20,24,31H,1,16-19H2,2-5H3/t24-/m1/s1. The van der Waals surface area contributed by atoms with Crippen LogP contribution in [0.1, 0.15) is 30.7 Å². The first-order chi connectivity index (χ1) is 15.9. The monoisotopic (exact) mass is 449 g/mol. The van der Waals surface area contributed by atoms with Gasteiger partial charge in [-0.05, 0) is 52.0 Å². The molecule has 0 saturated carbocycles. The minimum Gasteiger partial charge on any atom is -0.439 e. The highest BCUT2D eigenvalue weighted by Crippen LogP contribution is 2.32. The van der Waals surface area contributed by atoms with Gasteiger partial charge in [-0.25, -0.2) is 4.68 Å². The average molecular weight is 450 g/mol. The zero-order chi connectivity index (χ0) is 23.8. The number of aliphatic hydroxyl groups excluding tert-OH is 1. The van der Waals surface area contributed by atoms with Crippen LogP contribution >= 0.6 is 0 Å². The molecule has 33 heavy (non-hydrogen) atoms. The molecule has 176 valence electrons. The van der Waals surface area contributed by atoms with Gasteiger partial charge in [-0.2, -0.15) is 5.10 Å². The number of para-hydroxylation sites is 1. The predicted molar refractivity (Wildman–Crippen MR) is 132 cm³/mol. The van der Waals surface area contributed by atoms with E-state index in [1.807, 2.05) is 66.2 Å². The molecule has 0 amide bonds. The van der Waals surface area contributed by atoms with Crippen molar-refractivity contribution in [3.63, 3.8) is 0 Å². The number of rotatable bonds is 12. The largest absolute Gasteiger partial charge is 0.439 e. The fraction of sp³-hybridized carbons (Fsp3) is 0.370. The highest BCUT2D eigenvalue weighted by atomic mass is 16.5. The summed E-state index contributed by atoms with van der Waals surface area (Å²) in [4.78, 5) is 2.21. The maximum Gasteiger partial charge on any atom is 0.227 e. The molecule has 0 fully saturated rings. The molecule has 0 bridgehead atoms. The number of hydrogen-bond acceptors (Lipinski definition) is 5. The number of ether oxygens (including phenoxy) is 2. The zero-order valence-electron chi connectivity index (χ0n) is 20.1. The van der Waals surface area contributed by atoms with Gasteiger partial charge < -0.3 is 14.6 Å². The maximum atomic E-state index is 10.5. The molecule has 6 nitrogen and oxygen atoms in total. The number of aliphatic hydroxyl groups is 1. The van der Waals surface area contributed by atoms with Crippen molar-refractivity contribution < 1.29 is 14.6 Å². The molecule has 1 atom stereocenters. The summed E-state index contributed by atoms with van der Waals surface area (Å²) in [5, 5.41) is 15.3. The van der Waals surface area contributed by atoms with E-state index in [0.29, 0.717) is 25.6 Å². The van der Waals surface area contributed by atoms with Gasteiger partial charge >= 0.3 is 0 Å². The van der Waals surface area contributed by atoms with E-state index in [4.69, 9.17) is 14.6 Å². The second kappa shape index (κ2) is 11.8. The number of nitrogens with zero attached hydrogens (tertiary/aromatic N) is 3. The Balaban J connectivity index is 1.92. The quantitative estimate of drug-likeness (QED) is 0.310. The molecular weight excluding hydrogens is 414 g/mol. The van der Waals surface area contributed by atoms with Crippen LogP contribution in [0.5, 0.6) is 11.6 Å². The molecule has 0 aliphatic heterocycles. The van der Waals surface area contributed by atoms with E-state index in [-0.39, 0.29) is 12.6 Å². The van der Waals surface area contributed by atoms with Crippen LogP contribution in [0.15, 0.2) is 67.3 Å². The first-order valence-electron chi connectivity index (χ1n) is 11.4. The molecule has 2 aromatic carbocycles. The van der Waals surface area contributed by atoms with Crippen molar-refractivity contribution in [2.45, 2.75) is 46.4 Å². The van der Waals surface area contributed by atoms with Gasteiger partial charge in [0.05, 0.1) is 36.3 Å². The SMILES string of the molecule is C=CCOC[C@H](O)CN(Cc1c(C)nn(-c2ccccc2)c1Oc1ccc(C)cc1)C(C)C. The van der Waals surface area contributed by atoms with E-state index in [2.05, 4.69) is 32.3 Å². The Morgan fingerprint density at radius 1 is 1.09 bits per heavy atom. The Morgan fingerprint density at radius 2 is 1.79 bits per heavy atom. The van der Waals surface area contributed by atoms with Crippen LogP contribution in [0, 0.1) is 13.8 Å². The lowest BCUT2D eigenvalue weighted by atomic mass is 10.2. The minimum absolute atomic E-state index is 0.214. The normalized spacial score (nSPS) is 12.3. The van der Waals surface area contributed by atoms with Gasteiger partial charge in [0.15, 0.2) is 0 Å². The topological polar surface area (TPSA) is 59.8 Å². The first-order valence-corrected chi connectivity index (χ1v) is 11.4. The molecule has 6 heteroatoms. The molecule has 1 N–H and O–H groups in total. The van der Waals surface area contributed by atoms with Crippen molar-refractivity contribution >= 4 is 0 Å². The molecule has 3 rings (SSSR count). The number of aryl methyl sites for hydroxylation is 2. The summed E-state index contributed by atoms with van der Waals surface area (Å²) in [7, 11) is 0. The molecule has 1 aromatic heterocycles. The Bertz CT molecular complexity index is 1010. The highest BCUT2D eigenvalue weighted by Gasteiger charge is 2.24. The summed E-state index contributed by atoms with van der Waals surface area (Å²) < 4.78 is 13.7. The van der Waals surface area contributed by atoms with Crippen LogP contribution in [-0.2, 0) is 11.3 Å². The molecule has 0 aliphatic rings. The predicted octanol–water partition coefficient (Wildman–Crippen LogP) is 5.06. The zero-order valence-corrected chi connectivity index (χ0v) is 20.1. The second-order valence-corrected chi connectivity index (χ2v) is 8.53. The lowest BCUT2D eigenvalue weighted by molar-refractivity contribution is 0.0177. The van der Waals surface area contributed by atoms with Crippen LogP contribution in [0.2, 0.25) is 0 Å². The Labute approximate surface area is 197 Å². The molecule has 0 aliphatic carbocycles. The van der Waals surface area contributed by atoms with Crippen molar-refractivity contribution in [3.05, 3.63) is 84.1 Å². The van der Waals surface area contributed by atoms with Gasteiger partial charge in [-0.3, -0.25) is 4.90 Å². The van der Waals surface area contributed by atoms with E-state index < -0.39 is 6.10 Å². The first kappa shape index (κ1) is 24.7. The lowest BCUT2D eigenvalue weighted by Crippen LogP contribution is -2.39. The summed E-state index contributed by atoms with van der Waals surface area (Å²) in [5.74, 6) is 1.44. The van der Waals surface area contributed by atoms with Crippen molar-refractivity contribution in [1.82, 2.24) is 14.7 Å².